The molecule has 0 aliphatic carbocycles. The molecule has 0 radical (unpaired) electrons. The number of phenolic OH excluding ortho intramolecular Hbond substituents is 1. The number of nitrogens with one attached hydrogen (secondary N) is 3. The Bertz CT molecular complexity index is 1100. The summed E-state index contributed by atoms with van der Waals surface area (Å²) in [7, 11) is 0. The van der Waals surface area contributed by atoms with Gasteiger partial charge >= 0.3 is 6.03 Å². The van der Waals surface area contributed by atoms with Gasteiger partial charge in [0.1, 0.15) is 11.8 Å². The second-order valence-electron chi connectivity index (χ2n) is 7.37. The lowest BCUT2D eigenvalue weighted by Crippen LogP contribution is -2.52. The molecule has 31 heavy (non-hydrogen) atoms. The molecule has 0 spiro atoms. The number of carbonyl (C=O) groups excluding carboxylic acids is 4. The molecule has 2 heterocycles. The van der Waals surface area contributed by atoms with Gasteiger partial charge in [-0.05, 0) is 41.8 Å². The van der Waals surface area contributed by atoms with Gasteiger partial charge in [-0.2, -0.15) is 0 Å². The van der Waals surface area contributed by atoms with Crippen LogP contribution in [-0.2, 0) is 22.7 Å². The van der Waals surface area contributed by atoms with Gasteiger partial charge in [-0.1, -0.05) is 23.7 Å². The maximum absolute atomic E-state index is 12.7. The van der Waals surface area contributed by atoms with E-state index in [1.165, 1.54) is 23.1 Å². The standard InChI is InChI=1S/C21H19ClN4O5/c22-15-8-13(2-5-17(15)27)24-21(31)23-9-11-1-3-14-12(7-11)10-26(20(14)30)16-4-6-18(28)25-19(16)29/h1-3,5,7-8,16,27H,4,6,9-10H2,(H2,23,24,31)(H,25,28,29). The lowest BCUT2D eigenvalue weighted by molar-refractivity contribution is -0.136. The zero-order valence-electron chi connectivity index (χ0n) is 16.3. The summed E-state index contributed by atoms with van der Waals surface area (Å²) in [6.07, 6.45) is 0.507. The number of imide groups is 1. The van der Waals surface area contributed by atoms with Crippen molar-refractivity contribution >= 4 is 41.0 Å². The van der Waals surface area contributed by atoms with Crippen molar-refractivity contribution in [3.63, 3.8) is 0 Å². The number of nitrogens with zero attached hydrogens (tertiary/aromatic N) is 1. The highest BCUT2D eigenvalue weighted by Crippen LogP contribution is 2.28. The number of benzene rings is 2. The Morgan fingerprint density at radius 1 is 1.19 bits per heavy atom. The molecule has 2 aromatic carbocycles. The van der Waals surface area contributed by atoms with E-state index in [-0.39, 0.29) is 42.1 Å². The van der Waals surface area contributed by atoms with Crippen LogP contribution in [0.2, 0.25) is 5.02 Å². The van der Waals surface area contributed by atoms with E-state index in [1.54, 1.807) is 12.1 Å². The van der Waals surface area contributed by atoms with Crippen LogP contribution in [0.25, 0.3) is 0 Å². The lowest BCUT2D eigenvalue weighted by atomic mass is 10.0. The Labute approximate surface area is 182 Å². The Morgan fingerprint density at radius 2 is 2.00 bits per heavy atom. The van der Waals surface area contributed by atoms with Crippen LogP contribution in [0.5, 0.6) is 5.75 Å². The van der Waals surface area contributed by atoms with Gasteiger partial charge in [0.05, 0.1) is 5.02 Å². The molecule has 2 aliphatic rings. The van der Waals surface area contributed by atoms with E-state index < -0.39 is 18.0 Å². The van der Waals surface area contributed by atoms with E-state index in [1.807, 2.05) is 6.07 Å². The molecule has 10 heteroatoms. The molecule has 1 unspecified atom stereocenters. The van der Waals surface area contributed by atoms with Crippen LogP contribution in [0.15, 0.2) is 36.4 Å². The highest BCUT2D eigenvalue weighted by Gasteiger charge is 2.39. The normalized spacial score (nSPS) is 17.9. The van der Waals surface area contributed by atoms with Crippen molar-refractivity contribution in [1.82, 2.24) is 15.5 Å². The van der Waals surface area contributed by atoms with Crippen LogP contribution in [0.1, 0.15) is 34.3 Å². The molecule has 0 saturated carbocycles. The van der Waals surface area contributed by atoms with E-state index in [0.717, 1.165) is 11.1 Å². The average Bonchev–Trinajstić information content (AvgIpc) is 3.05. The Hall–Kier alpha value is -3.59. The number of fused-ring (bicyclic) bond motifs is 1. The average molecular weight is 443 g/mol. The van der Waals surface area contributed by atoms with Crippen molar-refractivity contribution in [2.45, 2.75) is 32.0 Å². The number of amides is 5. The van der Waals surface area contributed by atoms with Gasteiger partial charge in [-0.25, -0.2) is 4.79 Å². The third-order valence-electron chi connectivity index (χ3n) is 5.25. The third-order valence-corrected chi connectivity index (χ3v) is 5.55. The quantitative estimate of drug-likeness (QED) is 0.426. The van der Waals surface area contributed by atoms with Crippen molar-refractivity contribution in [2.24, 2.45) is 0 Å². The van der Waals surface area contributed by atoms with Crippen LogP contribution >= 0.6 is 11.6 Å². The number of phenols is 1. The number of rotatable bonds is 4. The molecule has 2 aromatic rings. The minimum absolute atomic E-state index is 0.0772. The van der Waals surface area contributed by atoms with E-state index in [9.17, 15) is 24.3 Å². The molecule has 4 rings (SSSR count). The van der Waals surface area contributed by atoms with Gasteiger partial charge in [-0.3, -0.25) is 19.7 Å². The fourth-order valence-corrected chi connectivity index (χ4v) is 3.86. The molecule has 1 fully saturated rings. The van der Waals surface area contributed by atoms with Gasteiger partial charge in [-0.15, -0.1) is 0 Å². The Morgan fingerprint density at radius 3 is 2.74 bits per heavy atom. The predicted octanol–water partition coefficient (Wildman–Crippen LogP) is 2.13. The second-order valence-corrected chi connectivity index (χ2v) is 7.77. The monoisotopic (exact) mass is 442 g/mol. The maximum atomic E-state index is 12.7. The number of piperidine rings is 1. The molecular weight excluding hydrogens is 424 g/mol. The summed E-state index contributed by atoms with van der Waals surface area (Å²) in [6.45, 7) is 0.490. The topological polar surface area (TPSA) is 128 Å². The molecule has 1 atom stereocenters. The fourth-order valence-electron chi connectivity index (χ4n) is 3.68. The van der Waals surface area contributed by atoms with Crippen LogP contribution in [-0.4, -0.2) is 39.8 Å². The van der Waals surface area contributed by atoms with Gasteiger partial charge in [0.2, 0.25) is 11.8 Å². The Balaban J connectivity index is 1.38. The smallest absolute Gasteiger partial charge is 0.319 e. The summed E-state index contributed by atoms with van der Waals surface area (Å²) in [6, 6.07) is 8.44. The van der Waals surface area contributed by atoms with Crippen LogP contribution in [0.3, 0.4) is 0 Å². The largest absolute Gasteiger partial charge is 0.506 e. The molecule has 160 valence electrons. The maximum Gasteiger partial charge on any atom is 0.319 e. The summed E-state index contributed by atoms with van der Waals surface area (Å²) < 4.78 is 0. The summed E-state index contributed by atoms with van der Waals surface area (Å²) in [4.78, 5) is 49.8. The molecule has 5 amide bonds. The first-order valence-electron chi connectivity index (χ1n) is 9.61. The van der Waals surface area contributed by atoms with E-state index in [2.05, 4.69) is 16.0 Å². The summed E-state index contributed by atoms with van der Waals surface area (Å²) in [5.74, 6) is -1.10. The van der Waals surface area contributed by atoms with Gasteiger partial charge in [0.25, 0.3) is 5.91 Å². The molecule has 0 aromatic heterocycles. The second kappa shape index (κ2) is 8.27. The first-order valence-corrected chi connectivity index (χ1v) is 9.99. The minimum atomic E-state index is -0.665. The van der Waals surface area contributed by atoms with Crippen LogP contribution in [0, 0.1) is 0 Å². The number of hydrogen-bond donors (Lipinski definition) is 4. The summed E-state index contributed by atoms with van der Waals surface area (Å²) in [5.41, 5.74) is 2.49. The summed E-state index contributed by atoms with van der Waals surface area (Å²) >= 11 is 5.83. The molecule has 2 aliphatic heterocycles. The zero-order chi connectivity index (χ0) is 22.1. The number of hydrogen-bond acceptors (Lipinski definition) is 5. The highest BCUT2D eigenvalue weighted by atomic mass is 35.5. The number of carbonyl (C=O) groups is 4. The molecule has 4 N–H and O–H groups in total. The van der Waals surface area contributed by atoms with Crippen LogP contribution < -0.4 is 16.0 Å². The number of anilines is 1. The first-order chi connectivity index (χ1) is 14.8. The molecular formula is C21H19ClN4O5. The third kappa shape index (κ3) is 4.31. The molecule has 1 saturated heterocycles. The number of urea groups is 1. The Kier molecular flexibility index (Phi) is 5.51. The number of aromatic hydroxyl groups is 1. The predicted molar refractivity (Wildman–Crippen MR) is 111 cm³/mol. The van der Waals surface area contributed by atoms with Crippen LogP contribution in [0.4, 0.5) is 10.5 Å². The molecule has 9 nitrogen and oxygen atoms in total. The number of halogens is 1. The highest BCUT2D eigenvalue weighted by molar-refractivity contribution is 6.32. The van der Waals surface area contributed by atoms with E-state index in [0.29, 0.717) is 17.7 Å². The van der Waals surface area contributed by atoms with Crippen molar-refractivity contribution in [2.75, 3.05) is 5.32 Å². The van der Waals surface area contributed by atoms with Crippen molar-refractivity contribution in [3.05, 3.63) is 58.1 Å². The summed E-state index contributed by atoms with van der Waals surface area (Å²) in [5, 5.41) is 17.2. The molecule has 0 bridgehead atoms. The van der Waals surface area contributed by atoms with Crippen molar-refractivity contribution in [1.29, 1.82) is 0 Å². The SMILES string of the molecule is O=C1CCC(N2Cc3cc(CNC(=O)Nc4ccc(O)c(Cl)c4)ccc3C2=O)C(=O)N1. The van der Waals surface area contributed by atoms with E-state index in [4.69, 9.17) is 11.6 Å². The van der Waals surface area contributed by atoms with E-state index >= 15 is 0 Å². The first kappa shape index (κ1) is 20.7. The minimum Gasteiger partial charge on any atom is -0.506 e. The van der Waals surface area contributed by atoms with Gasteiger partial charge in [0.15, 0.2) is 0 Å². The van der Waals surface area contributed by atoms with Gasteiger partial charge < -0.3 is 20.6 Å². The lowest BCUT2D eigenvalue weighted by Gasteiger charge is -2.29. The fraction of sp³-hybridized carbons (Fsp3) is 0.238. The van der Waals surface area contributed by atoms with Crippen molar-refractivity contribution < 1.29 is 24.3 Å². The van der Waals surface area contributed by atoms with Gasteiger partial charge in [0, 0.05) is 30.8 Å². The van der Waals surface area contributed by atoms with Crippen molar-refractivity contribution in [3.8, 4) is 5.75 Å². The zero-order valence-corrected chi connectivity index (χ0v) is 17.0.